The van der Waals surface area contributed by atoms with Crippen LogP contribution in [0.1, 0.15) is 20.8 Å². The third-order valence-corrected chi connectivity index (χ3v) is 5.04. The van der Waals surface area contributed by atoms with E-state index in [0.717, 1.165) is 0 Å². The summed E-state index contributed by atoms with van der Waals surface area (Å²) in [7, 11) is 0. The Bertz CT molecular complexity index is 618. The summed E-state index contributed by atoms with van der Waals surface area (Å²) in [5.74, 6) is -2.83. The van der Waals surface area contributed by atoms with Gasteiger partial charge in [-0.3, -0.25) is 14.4 Å². The standard InChI is InChI=1S/C18H26N2O6/c1-18(2,3)25-10-13(21)19-6-8-20(9-7-19)16(22)14-11-4-5-12(26-11)15(14)17(23)24/h4-5,11-12,14-15H,6-10H2,1-3H3,(H,23,24). The first-order valence-corrected chi connectivity index (χ1v) is 8.94. The molecule has 1 N–H and O–H groups in total. The van der Waals surface area contributed by atoms with Gasteiger partial charge in [0.1, 0.15) is 12.5 Å². The van der Waals surface area contributed by atoms with Gasteiger partial charge in [-0.25, -0.2) is 0 Å². The lowest BCUT2D eigenvalue weighted by atomic mass is 9.82. The number of piperazine rings is 1. The molecule has 3 heterocycles. The quantitative estimate of drug-likeness (QED) is 0.711. The molecule has 0 saturated carbocycles. The molecule has 3 aliphatic heterocycles. The van der Waals surface area contributed by atoms with E-state index in [4.69, 9.17) is 9.47 Å². The number of nitrogens with zero attached hydrogens (tertiary/aromatic N) is 2. The predicted molar refractivity (Wildman–Crippen MR) is 91.3 cm³/mol. The largest absolute Gasteiger partial charge is 0.481 e. The minimum absolute atomic E-state index is 0.0174. The van der Waals surface area contributed by atoms with Gasteiger partial charge in [0.2, 0.25) is 11.8 Å². The van der Waals surface area contributed by atoms with Crippen molar-refractivity contribution in [3.8, 4) is 0 Å². The van der Waals surface area contributed by atoms with Gasteiger partial charge in [-0.2, -0.15) is 0 Å². The van der Waals surface area contributed by atoms with Gasteiger partial charge in [-0.1, -0.05) is 12.2 Å². The van der Waals surface area contributed by atoms with E-state index in [9.17, 15) is 19.5 Å². The SMILES string of the molecule is CC(C)(C)OCC(=O)N1CCN(C(=O)C2C3C=CC(O3)C2C(=O)O)CC1. The summed E-state index contributed by atoms with van der Waals surface area (Å²) in [6.07, 6.45) is 2.51. The van der Waals surface area contributed by atoms with E-state index in [1.165, 1.54) is 0 Å². The molecule has 26 heavy (non-hydrogen) atoms. The zero-order valence-corrected chi connectivity index (χ0v) is 15.4. The van der Waals surface area contributed by atoms with E-state index in [0.29, 0.717) is 26.2 Å². The van der Waals surface area contributed by atoms with Crippen molar-refractivity contribution in [2.45, 2.75) is 38.6 Å². The molecule has 8 heteroatoms. The molecule has 8 nitrogen and oxygen atoms in total. The highest BCUT2D eigenvalue weighted by Gasteiger charge is 2.54. The van der Waals surface area contributed by atoms with Crippen LogP contribution in [0.5, 0.6) is 0 Å². The number of aliphatic carboxylic acids is 1. The summed E-state index contributed by atoms with van der Waals surface area (Å²) in [6.45, 7) is 7.32. The Morgan fingerprint density at radius 2 is 1.58 bits per heavy atom. The van der Waals surface area contributed by atoms with Crippen LogP contribution in [-0.4, -0.2) is 83.3 Å². The molecule has 4 atom stereocenters. The molecule has 2 amide bonds. The van der Waals surface area contributed by atoms with Crippen LogP contribution in [0.15, 0.2) is 12.2 Å². The first-order valence-electron chi connectivity index (χ1n) is 8.94. The number of rotatable bonds is 4. The Morgan fingerprint density at radius 3 is 2.12 bits per heavy atom. The topological polar surface area (TPSA) is 96.4 Å². The van der Waals surface area contributed by atoms with Crippen LogP contribution < -0.4 is 0 Å². The van der Waals surface area contributed by atoms with Crippen molar-refractivity contribution in [3.05, 3.63) is 12.2 Å². The van der Waals surface area contributed by atoms with Crippen LogP contribution in [-0.2, 0) is 23.9 Å². The van der Waals surface area contributed by atoms with Crippen LogP contribution in [0.25, 0.3) is 0 Å². The zero-order valence-electron chi connectivity index (χ0n) is 15.4. The fourth-order valence-electron chi connectivity index (χ4n) is 3.65. The maximum Gasteiger partial charge on any atom is 0.310 e. The summed E-state index contributed by atoms with van der Waals surface area (Å²) in [5.41, 5.74) is -0.380. The highest BCUT2D eigenvalue weighted by molar-refractivity contribution is 5.87. The highest BCUT2D eigenvalue weighted by Crippen LogP contribution is 2.40. The molecular formula is C18H26N2O6. The minimum atomic E-state index is -1.01. The normalized spacial score (nSPS) is 30.7. The lowest BCUT2D eigenvalue weighted by Gasteiger charge is -2.37. The fraction of sp³-hybridized carbons (Fsp3) is 0.722. The van der Waals surface area contributed by atoms with Gasteiger partial charge in [0.25, 0.3) is 0 Å². The third kappa shape index (κ3) is 3.76. The molecular weight excluding hydrogens is 340 g/mol. The van der Waals surface area contributed by atoms with Gasteiger partial charge >= 0.3 is 5.97 Å². The van der Waals surface area contributed by atoms with Crippen LogP contribution >= 0.6 is 0 Å². The van der Waals surface area contributed by atoms with Gasteiger partial charge in [0.05, 0.1) is 23.7 Å². The van der Waals surface area contributed by atoms with E-state index in [1.54, 1.807) is 22.0 Å². The molecule has 0 aromatic rings. The van der Waals surface area contributed by atoms with E-state index in [-0.39, 0.29) is 24.0 Å². The van der Waals surface area contributed by atoms with Gasteiger partial charge in [0.15, 0.2) is 0 Å². The summed E-state index contributed by atoms with van der Waals surface area (Å²) in [5, 5.41) is 9.44. The molecule has 3 aliphatic rings. The lowest BCUT2D eigenvalue weighted by Crippen LogP contribution is -2.54. The number of ether oxygens (including phenoxy) is 2. The van der Waals surface area contributed by atoms with Crippen LogP contribution in [0.2, 0.25) is 0 Å². The lowest BCUT2D eigenvalue weighted by molar-refractivity contribution is -0.152. The van der Waals surface area contributed by atoms with Crippen molar-refractivity contribution in [3.63, 3.8) is 0 Å². The Balaban J connectivity index is 1.55. The minimum Gasteiger partial charge on any atom is -0.481 e. The first kappa shape index (κ1) is 18.8. The number of fused-ring (bicyclic) bond motifs is 2. The molecule has 0 aromatic heterocycles. The molecule has 4 unspecified atom stereocenters. The highest BCUT2D eigenvalue weighted by atomic mass is 16.5. The second-order valence-corrected chi connectivity index (χ2v) is 7.95. The Hall–Kier alpha value is -1.93. The number of hydrogen-bond acceptors (Lipinski definition) is 5. The molecule has 0 aromatic carbocycles. The molecule has 0 spiro atoms. The van der Waals surface area contributed by atoms with E-state index in [1.807, 2.05) is 20.8 Å². The van der Waals surface area contributed by atoms with Crippen molar-refractivity contribution >= 4 is 17.8 Å². The summed E-state index contributed by atoms with van der Waals surface area (Å²) in [4.78, 5) is 39.9. The smallest absolute Gasteiger partial charge is 0.310 e. The van der Waals surface area contributed by atoms with Crippen LogP contribution in [0.4, 0.5) is 0 Å². The number of amides is 2. The second kappa shape index (κ2) is 7.00. The molecule has 2 bridgehead atoms. The summed E-state index contributed by atoms with van der Waals surface area (Å²) >= 11 is 0. The van der Waals surface area contributed by atoms with Gasteiger partial charge < -0.3 is 24.4 Å². The van der Waals surface area contributed by atoms with Crippen molar-refractivity contribution < 1.29 is 29.0 Å². The van der Waals surface area contributed by atoms with Gasteiger partial charge in [-0.15, -0.1) is 0 Å². The number of carbonyl (C=O) groups is 3. The molecule has 0 radical (unpaired) electrons. The molecule has 2 fully saturated rings. The summed E-state index contributed by atoms with van der Waals surface area (Å²) < 4.78 is 11.1. The van der Waals surface area contributed by atoms with Crippen LogP contribution in [0.3, 0.4) is 0 Å². The Kier molecular flexibility index (Phi) is 5.07. The van der Waals surface area contributed by atoms with Crippen molar-refractivity contribution in [2.24, 2.45) is 11.8 Å². The van der Waals surface area contributed by atoms with Crippen molar-refractivity contribution in [1.29, 1.82) is 0 Å². The van der Waals surface area contributed by atoms with E-state index in [2.05, 4.69) is 0 Å². The number of carbonyl (C=O) groups excluding carboxylic acids is 2. The maximum atomic E-state index is 12.9. The molecule has 3 rings (SSSR count). The second-order valence-electron chi connectivity index (χ2n) is 7.95. The van der Waals surface area contributed by atoms with Gasteiger partial charge in [0, 0.05) is 26.2 Å². The van der Waals surface area contributed by atoms with E-state index < -0.39 is 30.0 Å². The van der Waals surface area contributed by atoms with Crippen molar-refractivity contribution in [1.82, 2.24) is 9.80 Å². The zero-order chi connectivity index (χ0) is 19.1. The van der Waals surface area contributed by atoms with Crippen LogP contribution in [0, 0.1) is 11.8 Å². The number of hydrogen-bond donors (Lipinski definition) is 1. The van der Waals surface area contributed by atoms with E-state index >= 15 is 0 Å². The average Bonchev–Trinajstić information content (AvgIpc) is 3.19. The average molecular weight is 366 g/mol. The molecule has 144 valence electrons. The predicted octanol–water partition coefficient (Wildman–Crippen LogP) is 0.127. The van der Waals surface area contributed by atoms with Crippen molar-refractivity contribution in [2.75, 3.05) is 32.8 Å². The summed E-state index contributed by atoms with van der Waals surface area (Å²) in [6, 6.07) is 0. The van der Waals surface area contributed by atoms with Gasteiger partial charge in [-0.05, 0) is 20.8 Å². The Morgan fingerprint density at radius 1 is 1.04 bits per heavy atom. The maximum absolute atomic E-state index is 12.9. The fourth-order valence-corrected chi connectivity index (χ4v) is 3.65. The molecule has 2 saturated heterocycles. The number of carboxylic acid groups (broad SMARTS) is 1. The monoisotopic (exact) mass is 366 g/mol. The first-order chi connectivity index (χ1) is 12.2. The molecule has 0 aliphatic carbocycles. The number of carboxylic acids is 1. The Labute approximate surface area is 152 Å². The third-order valence-electron chi connectivity index (χ3n) is 5.04.